The molecule has 2 N–H and O–H groups in total. The molecule has 0 aliphatic carbocycles. The Kier molecular flexibility index (Phi) is 7.00. The lowest BCUT2D eigenvalue weighted by atomic mass is 10.1. The molecule has 150 valence electrons. The van der Waals surface area contributed by atoms with E-state index in [4.69, 9.17) is 9.47 Å². The maximum absolute atomic E-state index is 11.7. The van der Waals surface area contributed by atoms with E-state index in [0.29, 0.717) is 18.0 Å². The number of rotatable bonds is 9. The first kappa shape index (κ1) is 20.1. The van der Waals surface area contributed by atoms with Gasteiger partial charge in [0.15, 0.2) is 0 Å². The van der Waals surface area contributed by atoms with Crippen LogP contribution in [0.4, 0.5) is 17.3 Å². The molecule has 0 bridgehead atoms. The second-order valence-electron chi connectivity index (χ2n) is 6.24. The van der Waals surface area contributed by atoms with Gasteiger partial charge in [-0.3, -0.25) is 0 Å². The number of esters is 1. The van der Waals surface area contributed by atoms with E-state index in [1.807, 2.05) is 36.4 Å². The number of nitrogens with zero attached hydrogens (tertiary/aromatic N) is 2. The van der Waals surface area contributed by atoms with Crippen molar-refractivity contribution in [1.82, 2.24) is 9.97 Å². The van der Waals surface area contributed by atoms with Crippen molar-refractivity contribution in [3.8, 4) is 5.75 Å². The molecule has 0 unspecified atom stereocenters. The molecule has 0 amide bonds. The van der Waals surface area contributed by atoms with Crippen molar-refractivity contribution in [2.45, 2.75) is 13.3 Å². The first-order valence-electron chi connectivity index (χ1n) is 9.41. The van der Waals surface area contributed by atoms with E-state index in [-0.39, 0.29) is 5.97 Å². The van der Waals surface area contributed by atoms with Gasteiger partial charge in [0.25, 0.3) is 0 Å². The second-order valence-corrected chi connectivity index (χ2v) is 6.24. The summed E-state index contributed by atoms with van der Waals surface area (Å²) in [6.45, 7) is 2.87. The first-order chi connectivity index (χ1) is 14.2. The van der Waals surface area contributed by atoms with Crippen molar-refractivity contribution in [3.05, 3.63) is 72.1 Å². The molecule has 0 aliphatic heterocycles. The van der Waals surface area contributed by atoms with Crippen LogP contribution in [0.5, 0.6) is 5.75 Å². The fraction of sp³-hybridized carbons (Fsp3) is 0.227. The van der Waals surface area contributed by atoms with E-state index in [1.165, 1.54) is 11.9 Å². The van der Waals surface area contributed by atoms with Crippen LogP contribution in [-0.4, -0.2) is 36.2 Å². The lowest BCUT2D eigenvalue weighted by molar-refractivity contribution is 0.0526. The summed E-state index contributed by atoms with van der Waals surface area (Å²) in [5.74, 6) is 1.91. The molecule has 0 spiro atoms. The SMILES string of the molecule is CCOC(=O)c1ccc(Nc2cc(NCCc3cccc(OC)c3)ncn2)cc1. The first-order valence-corrected chi connectivity index (χ1v) is 9.41. The van der Waals surface area contributed by atoms with Crippen molar-refractivity contribution in [2.75, 3.05) is 30.9 Å². The van der Waals surface area contributed by atoms with Gasteiger partial charge in [0.1, 0.15) is 23.7 Å². The van der Waals surface area contributed by atoms with E-state index >= 15 is 0 Å². The largest absolute Gasteiger partial charge is 0.497 e. The summed E-state index contributed by atoms with van der Waals surface area (Å²) in [7, 11) is 1.66. The molecule has 0 atom stereocenters. The van der Waals surface area contributed by atoms with Gasteiger partial charge in [-0.25, -0.2) is 14.8 Å². The highest BCUT2D eigenvalue weighted by molar-refractivity contribution is 5.89. The molecule has 3 aromatic rings. The molecule has 7 heteroatoms. The lowest BCUT2D eigenvalue weighted by Crippen LogP contribution is -2.07. The van der Waals surface area contributed by atoms with Crippen molar-refractivity contribution >= 4 is 23.3 Å². The van der Waals surface area contributed by atoms with Gasteiger partial charge in [0.05, 0.1) is 19.3 Å². The third-order valence-corrected chi connectivity index (χ3v) is 4.19. The third kappa shape index (κ3) is 5.93. The predicted octanol–water partition coefficient (Wildman–Crippen LogP) is 4.06. The average molecular weight is 392 g/mol. The van der Waals surface area contributed by atoms with Gasteiger partial charge in [-0.15, -0.1) is 0 Å². The maximum atomic E-state index is 11.7. The number of methoxy groups -OCH3 is 1. The average Bonchev–Trinajstić information content (AvgIpc) is 2.75. The summed E-state index contributed by atoms with van der Waals surface area (Å²) in [4.78, 5) is 20.2. The Morgan fingerprint density at radius 2 is 1.83 bits per heavy atom. The molecule has 3 rings (SSSR count). The number of aromatic nitrogens is 2. The zero-order valence-electron chi connectivity index (χ0n) is 16.5. The van der Waals surface area contributed by atoms with Crippen molar-refractivity contribution < 1.29 is 14.3 Å². The highest BCUT2D eigenvalue weighted by Gasteiger charge is 2.06. The van der Waals surface area contributed by atoms with Gasteiger partial charge in [0, 0.05) is 18.3 Å². The van der Waals surface area contributed by atoms with Crippen molar-refractivity contribution in [3.63, 3.8) is 0 Å². The monoisotopic (exact) mass is 392 g/mol. The highest BCUT2D eigenvalue weighted by Crippen LogP contribution is 2.18. The Balaban J connectivity index is 1.55. The summed E-state index contributed by atoms with van der Waals surface area (Å²) < 4.78 is 10.2. The Labute approximate surface area is 170 Å². The van der Waals surface area contributed by atoms with Gasteiger partial charge >= 0.3 is 5.97 Å². The fourth-order valence-corrected chi connectivity index (χ4v) is 2.74. The van der Waals surface area contributed by atoms with Crippen LogP contribution in [0.3, 0.4) is 0 Å². The number of anilines is 3. The second kappa shape index (κ2) is 10.1. The Bertz CT molecular complexity index is 945. The number of ether oxygens (including phenoxy) is 2. The van der Waals surface area contributed by atoms with Gasteiger partial charge in [-0.1, -0.05) is 12.1 Å². The number of hydrogen-bond acceptors (Lipinski definition) is 7. The quantitative estimate of drug-likeness (QED) is 0.531. The summed E-state index contributed by atoms with van der Waals surface area (Å²) >= 11 is 0. The molecule has 0 radical (unpaired) electrons. The molecule has 2 aromatic carbocycles. The molecule has 7 nitrogen and oxygen atoms in total. The number of carbonyl (C=O) groups excluding carboxylic acids is 1. The minimum Gasteiger partial charge on any atom is -0.497 e. The summed E-state index contributed by atoms with van der Waals surface area (Å²) in [6.07, 6.45) is 2.35. The van der Waals surface area contributed by atoms with Gasteiger partial charge in [-0.05, 0) is 55.3 Å². The highest BCUT2D eigenvalue weighted by atomic mass is 16.5. The normalized spacial score (nSPS) is 10.3. The summed E-state index contributed by atoms with van der Waals surface area (Å²) in [6, 6.07) is 16.9. The van der Waals surface area contributed by atoms with Crippen LogP contribution in [-0.2, 0) is 11.2 Å². The predicted molar refractivity (Wildman–Crippen MR) is 113 cm³/mol. The van der Waals surface area contributed by atoms with E-state index in [1.54, 1.807) is 26.2 Å². The molecular weight excluding hydrogens is 368 g/mol. The van der Waals surface area contributed by atoms with Crippen LogP contribution < -0.4 is 15.4 Å². The molecule has 29 heavy (non-hydrogen) atoms. The number of nitrogens with one attached hydrogen (secondary N) is 2. The molecular formula is C22H24N4O3. The van der Waals surface area contributed by atoms with Gasteiger partial charge in [0.2, 0.25) is 0 Å². The topological polar surface area (TPSA) is 85.4 Å². The number of hydrogen-bond donors (Lipinski definition) is 2. The van der Waals surface area contributed by atoms with Crippen LogP contribution >= 0.6 is 0 Å². The molecule has 0 aliphatic rings. The van der Waals surface area contributed by atoms with Gasteiger partial charge in [-0.2, -0.15) is 0 Å². The number of carbonyl (C=O) groups is 1. The zero-order valence-corrected chi connectivity index (χ0v) is 16.5. The van der Waals surface area contributed by atoms with Crippen LogP contribution in [0.25, 0.3) is 0 Å². The zero-order chi connectivity index (χ0) is 20.5. The smallest absolute Gasteiger partial charge is 0.338 e. The summed E-state index contributed by atoms with van der Waals surface area (Å²) in [5.41, 5.74) is 2.52. The minimum atomic E-state index is -0.330. The Morgan fingerprint density at radius 1 is 1.03 bits per heavy atom. The van der Waals surface area contributed by atoms with Crippen molar-refractivity contribution in [1.29, 1.82) is 0 Å². The fourth-order valence-electron chi connectivity index (χ4n) is 2.74. The molecule has 0 saturated carbocycles. The van der Waals surface area contributed by atoms with Crippen molar-refractivity contribution in [2.24, 2.45) is 0 Å². The van der Waals surface area contributed by atoms with Crippen LogP contribution in [0.1, 0.15) is 22.8 Å². The molecule has 0 saturated heterocycles. The molecule has 0 fully saturated rings. The van der Waals surface area contributed by atoms with Crippen LogP contribution in [0.2, 0.25) is 0 Å². The Hall–Kier alpha value is -3.61. The lowest BCUT2D eigenvalue weighted by Gasteiger charge is -2.10. The number of benzene rings is 2. The molecule has 1 heterocycles. The van der Waals surface area contributed by atoms with Crippen LogP contribution in [0.15, 0.2) is 60.9 Å². The van der Waals surface area contributed by atoms with E-state index in [0.717, 1.165) is 30.2 Å². The summed E-state index contributed by atoms with van der Waals surface area (Å²) in [5, 5.41) is 6.51. The third-order valence-electron chi connectivity index (χ3n) is 4.19. The standard InChI is InChI=1S/C22H24N4O3/c1-3-29-22(27)17-7-9-18(10-8-17)26-21-14-20(24-15-25-21)23-12-11-16-5-4-6-19(13-16)28-2/h4-10,13-15H,3,11-12H2,1-2H3,(H2,23,24,25,26). The van der Waals surface area contributed by atoms with Gasteiger partial charge < -0.3 is 20.1 Å². The maximum Gasteiger partial charge on any atom is 0.338 e. The molecule has 1 aromatic heterocycles. The minimum absolute atomic E-state index is 0.330. The van der Waals surface area contributed by atoms with E-state index < -0.39 is 0 Å². The van der Waals surface area contributed by atoms with E-state index in [2.05, 4.69) is 26.7 Å². The van der Waals surface area contributed by atoms with Crippen LogP contribution in [0, 0.1) is 0 Å². The van der Waals surface area contributed by atoms with E-state index in [9.17, 15) is 4.79 Å². The Morgan fingerprint density at radius 3 is 2.59 bits per heavy atom.